The SMILES string of the molecule is CC(C)(C)c1ccc([C@@H]2c3sc(=O)n(CC(=O)Nc4cccc5ccccc45)c3S[C@H]3C(=O)N(c4ccc(Cl)cc4)C(=O)[C@@H]23)cc1. The molecule has 0 radical (unpaired) electrons. The Kier molecular flexibility index (Phi) is 7.66. The molecule has 4 aromatic carbocycles. The number of hydrogen-bond donors (Lipinski definition) is 1. The summed E-state index contributed by atoms with van der Waals surface area (Å²) in [5.74, 6) is -2.29. The Balaban J connectivity index is 1.29. The topological polar surface area (TPSA) is 88.5 Å². The Hall–Kier alpha value is -4.18. The van der Waals surface area contributed by atoms with Gasteiger partial charge in [-0.3, -0.25) is 23.7 Å². The first-order valence-electron chi connectivity index (χ1n) is 14.9. The minimum absolute atomic E-state index is 0.0786. The largest absolute Gasteiger partial charge is 0.324 e. The first kappa shape index (κ1) is 30.5. The van der Waals surface area contributed by atoms with Crippen LogP contribution in [0.2, 0.25) is 5.02 Å². The van der Waals surface area contributed by atoms with E-state index in [1.54, 1.807) is 24.3 Å². The molecule has 0 unspecified atom stereocenters. The average Bonchev–Trinajstić information content (AvgIpc) is 3.47. The van der Waals surface area contributed by atoms with Crippen molar-refractivity contribution in [3.05, 3.63) is 122 Å². The van der Waals surface area contributed by atoms with Gasteiger partial charge < -0.3 is 5.32 Å². The second-order valence-corrected chi connectivity index (χ2v) is 15.2. The Morgan fingerprint density at radius 2 is 1.57 bits per heavy atom. The van der Waals surface area contributed by atoms with Crippen LogP contribution in [0.3, 0.4) is 0 Å². The quantitative estimate of drug-likeness (QED) is 0.197. The van der Waals surface area contributed by atoms with Crippen molar-refractivity contribution in [1.82, 2.24) is 4.57 Å². The van der Waals surface area contributed by atoms with E-state index in [1.807, 2.05) is 66.7 Å². The van der Waals surface area contributed by atoms with Crippen molar-refractivity contribution in [2.75, 3.05) is 10.2 Å². The van der Waals surface area contributed by atoms with Crippen LogP contribution in [0.15, 0.2) is 101 Å². The van der Waals surface area contributed by atoms with Gasteiger partial charge in [-0.1, -0.05) is 116 Å². The van der Waals surface area contributed by atoms with Crippen molar-refractivity contribution >= 4 is 74.6 Å². The second kappa shape index (κ2) is 11.6. The van der Waals surface area contributed by atoms with Crippen LogP contribution in [0, 0.1) is 5.92 Å². The van der Waals surface area contributed by atoms with Gasteiger partial charge in [0.05, 0.1) is 16.6 Å². The van der Waals surface area contributed by atoms with E-state index in [1.165, 1.54) is 21.2 Å². The molecule has 1 aromatic heterocycles. The van der Waals surface area contributed by atoms with Gasteiger partial charge in [-0.05, 0) is 52.3 Å². The number of fused-ring (bicyclic) bond motifs is 3. The Labute approximate surface area is 279 Å². The minimum atomic E-state index is -0.774. The summed E-state index contributed by atoms with van der Waals surface area (Å²) >= 11 is 8.34. The molecule has 0 bridgehead atoms. The highest BCUT2D eigenvalue weighted by Crippen LogP contribution is 2.54. The number of rotatable bonds is 5. The van der Waals surface area contributed by atoms with E-state index in [2.05, 4.69) is 26.1 Å². The Bertz CT molecular complexity index is 2070. The number of thioether (sulfide) groups is 1. The van der Waals surface area contributed by atoms with Gasteiger partial charge >= 0.3 is 4.87 Å². The smallest absolute Gasteiger partial charge is 0.308 e. The summed E-state index contributed by atoms with van der Waals surface area (Å²) in [5, 5.41) is 5.13. The van der Waals surface area contributed by atoms with Crippen LogP contribution in [-0.2, 0) is 26.3 Å². The predicted octanol–water partition coefficient (Wildman–Crippen LogP) is 7.45. The number of anilines is 2. The molecule has 2 aliphatic heterocycles. The van der Waals surface area contributed by atoms with Gasteiger partial charge in [0.15, 0.2) is 0 Å². The maximum Gasteiger partial charge on any atom is 0.308 e. The second-order valence-electron chi connectivity index (χ2n) is 12.6. The molecule has 1 saturated heterocycles. The van der Waals surface area contributed by atoms with Gasteiger partial charge in [-0.2, -0.15) is 0 Å². The minimum Gasteiger partial charge on any atom is -0.324 e. The van der Waals surface area contributed by atoms with E-state index >= 15 is 0 Å². The lowest BCUT2D eigenvalue weighted by Crippen LogP contribution is -2.33. The van der Waals surface area contributed by atoms with Gasteiger partial charge in [0.1, 0.15) is 11.8 Å². The van der Waals surface area contributed by atoms with Crippen LogP contribution in [0.4, 0.5) is 11.4 Å². The Morgan fingerprint density at radius 1 is 0.870 bits per heavy atom. The Morgan fingerprint density at radius 3 is 2.28 bits per heavy atom. The van der Waals surface area contributed by atoms with E-state index in [9.17, 15) is 19.2 Å². The number of nitrogens with zero attached hydrogens (tertiary/aromatic N) is 2. The highest BCUT2D eigenvalue weighted by Gasteiger charge is 2.56. The fourth-order valence-corrected chi connectivity index (χ4v) is 9.22. The van der Waals surface area contributed by atoms with Crippen molar-refractivity contribution in [2.45, 2.75) is 48.9 Å². The number of carbonyl (C=O) groups is 3. The van der Waals surface area contributed by atoms with Crippen LogP contribution in [0.5, 0.6) is 0 Å². The molecular weight excluding hydrogens is 638 g/mol. The van der Waals surface area contributed by atoms with Gasteiger partial charge in [0.25, 0.3) is 0 Å². The first-order valence-corrected chi connectivity index (χ1v) is 17.0. The summed E-state index contributed by atoms with van der Waals surface area (Å²) < 4.78 is 1.45. The molecule has 3 atom stereocenters. The van der Waals surface area contributed by atoms with E-state index in [0.717, 1.165) is 33.2 Å². The molecule has 7 rings (SSSR count). The van der Waals surface area contributed by atoms with Crippen LogP contribution in [0.1, 0.15) is 42.7 Å². The summed E-state index contributed by atoms with van der Waals surface area (Å²) in [6.45, 7) is 6.17. The van der Waals surface area contributed by atoms with Crippen LogP contribution in [-0.4, -0.2) is 27.5 Å². The van der Waals surface area contributed by atoms with Crippen molar-refractivity contribution < 1.29 is 14.4 Å². The van der Waals surface area contributed by atoms with E-state index in [-0.39, 0.29) is 34.6 Å². The summed E-state index contributed by atoms with van der Waals surface area (Å²) in [6.07, 6.45) is 0. The number of carbonyl (C=O) groups excluding carboxylic acids is 3. The number of thiazole rings is 1. The average molecular weight is 668 g/mol. The maximum absolute atomic E-state index is 14.1. The highest BCUT2D eigenvalue weighted by atomic mass is 35.5. The third kappa shape index (κ3) is 5.26. The van der Waals surface area contributed by atoms with Crippen LogP contribution in [0.25, 0.3) is 10.8 Å². The first-order chi connectivity index (χ1) is 22.0. The van der Waals surface area contributed by atoms with Crippen LogP contribution < -0.4 is 15.1 Å². The van der Waals surface area contributed by atoms with Gasteiger partial charge in [0, 0.05) is 26.9 Å². The number of benzene rings is 4. The van der Waals surface area contributed by atoms with Gasteiger partial charge in [-0.25, -0.2) is 4.90 Å². The van der Waals surface area contributed by atoms with Gasteiger partial charge in [0.2, 0.25) is 17.7 Å². The lowest BCUT2D eigenvalue weighted by molar-refractivity contribution is -0.122. The monoisotopic (exact) mass is 667 g/mol. The molecule has 0 aliphatic carbocycles. The number of imide groups is 1. The molecule has 3 heterocycles. The summed E-state index contributed by atoms with van der Waals surface area (Å²) in [4.78, 5) is 56.8. The molecule has 7 nitrogen and oxygen atoms in total. The molecule has 10 heteroatoms. The third-order valence-corrected chi connectivity index (χ3v) is 11.5. The number of halogens is 1. The van der Waals surface area contributed by atoms with Crippen molar-refractivity contribution in [3.8, 4) is 0 Å². The summed E-state index contributed by atoms with van der Waals surface area (Å²) in [7, 11) is 0. The molecular formula is C36H30ClN3O4S2. The predicted molar refractivity (Wildman–Crippen MR) is 185 cm³/mol. The molecule has 5 aromatic rings. The van der Waals surface area contributed by atoms with Crippen LogP contribution >= 0.6 is 34.7 Å². The number of aromatic nitrogens is 1. The fourth-order valence-electron chi connectivity index (χ4n) is 6.32. The zero-order chi connectivity index (χ0) is 32.3. The number of amides is 3. The summed E-state index contributed by atoms with van der Waals surface area (Å²) in [5.41, 5.74) is 3.00. The summed E-state index contributed by atoms with van der Waals surface area (Å²) in [6, 6.07) is 28.1. The van der Waals surface area contributed by atoms with Crippen molar-refractivity contribution in [1.29, 1.82) is 0 Å². The lowest BCUT2D eigenvalue weighted by Gasteiger charge is -2.31. The molecule has 0 spiro atoms. The zero-order valence-electron chi connectivity index (χ0n) is 25.3. The van der Waals surface area contributed by atoms with Crippen molar-refractivity contribution in [3.63, 3.8) is 0 Å². The molecule has 46 heavy (non-hydrogen) atoms. The van der Waals surface area contributed by atoms with Crippen molar-refractivity contribution in [2.24, 2.45) is 5.92 Å². The standard InChI is InChI=1S/C36H30ClN3O4S2/c1-36(2,3)22-13-11-21(12-14-22)28-29-30(33(43)40(32(29)42)24-17-15-23(37)16-18-24)45-34-31(28)46-35(44)39(34)19-27(41)38-26-10-6-8-20-7-4-5-9-25(20)26/h4-18,28-30H,19H2,1-3H3,(H,38,41)/t28-,29-,30+/m0/s1. The molecule has 1 N–H and O–H groups in total. The highest BCUT2D eigenvalue weighted by molar-refractivity contribution is 8.00. The van der Waals surface area contributed by atoms with Gasteiger partial charge in [-0.15, -0.1) is 0 Å². The van der Waals surface area contributed by atoms with E-state index in [0.29, 0.717) is 26.3 Å². The third-order valence-electron chi connectivity index (χ3n) is 8.64. The van der Waals surface area contributed by atoms with E-state index in [4.69, 9.17) is 11.6 Å². The normalized spacial score (nSPS) is 19.3. The molecule has 232 valence electrons. The van der Waals surface area contributed by atoms with E-state index < -0.39 is 17.1 Å². The zero-order valence-corrected chi connectivity index (χ0v) is 27.7. The molecule has 1 fully saturated rings. The number of nitrogens with one attached hydrogen (secondary N) is 1. The number of hydrogen-bond acceptors (Lipinski definition) is 6. The fraction of sp³-hybridized carbons (Fsp3) is 0.222. The maximum atomic E-state index is 14.1. The molecule has 2 aliphatic rings. The molecule has 0 saturated carbocycles. The molecule has 3 amide bonds. The lowest BCUT2D eigenvalue weighted by atomic mass is 9.81.